The summed E-state index contributed by atoms with van der Waals surface area (Å²) in [5.74, 6) is 0.607. The maximum Gasteiger partial charge on any atom is 0.172 e. The summed E-state index contributed by atoms with van der Waals surface area (Å²) in [5, 5.41) is 3.80. The summed E-state index contributed by atoms with van der Waals surface area (Å²) in [4.78, 5) is 7.46. The average Bonchev–Trinajstić information content (AvgIpc) is 2.98. The number of nitrogens with two attached hydrogens (primary N) is 1. The van der Waals surface area contributed by atoms with Gasteiger partial charge in [-0.3, -0.25) is 0 Å². The molecule has 0 spiro atoms. The zero-order valence-electron chi connectivity index (χ0n) is 8.92. The van der Waals surface area contributed by atoms with E-state index in [0.29, 0.717) is 17.2 Å². The number of nitrogens with zero attached hydrogens (tertiary/aromatic N) is 2. The lowest BCUT2D eigenvalue weighted by atomic mass is 10.2. The molecule has 0 aliphatic rings. The molecule has 1 aromatic carbocycles. The van der Waals surface area contributed by atoms with Crippen molar-refractivity contribution in [3.8, 4) is 22.8 Å². The van der Waals surface area contributed by atoms with Crippen LogP contribution in [0.1, 0.15) is 0 Å². The number of imidazole rings is 1. The maximum absolute atomic E-state index is 5.70. The second-order valence-corrected chi connectivity index (χ2v) is 3.62. The van der Waals surface area contributed by atoms with E-state index in [4.69, 9.17) is 10.3 Å². The van der Waals surface area contributed by atoms with Crippen molar-refractivity contribution in [2.75, 3.05) is 5.73 Å². The fraction of sp³-hybridized carbons (Fsp3) is 0. The molecule has 0 bridgehead atoms. The molecule has 5 nitrogen and oxygen atoms in total. The van der Waals surface area contributed by atoms with E-state index in [9.17, 15) is 0 Å². The third-order valence-corrected chi connectivity index (χ3v) is 2.47. The smallest absolute Gasteiger partial charge is 0.172 e. The lowest BCUT2D eigenvalue weighted by Crippen LogP contribution is -1.88. The fourth-order valence-electron chi connectivity index (χ4n) is 1.62. The molecular weight excluding hydrogens is 216 g/mol. The Labute approximate surface area is 97.3 Å². The van der Waals surface area contributed by atoms with Crippen LogP contribution in [0.5, 0.6) is 0 Å². The molecule has 2 heterocycles. The van der Waals surface area contributed by atoms with Gasteiger partial charge >= 0.3 is 0 Å². The third kappa shape index (κ3) is 1.67. The molecular formula is C12H10N4O. The van der Waals surface area contributed by atoms with Crippen molar-refractivity contribution in [3.63, 3.8) is 0 Å². The molecule has 0 atom stereocenters. The molecule has 3 aromatic rings. The Morgan fingerprint density at radius 2 is 2.00 bits per heavy atom. The van der Waals surface area contributed by atoms with E-state index in [1.807, 2.05) is 36.5 Å². The van der Waals surface area contributed by atoms with Gasteiger partial charge in [-0.05, 0) is 0 Å². The highest BCUT2D eigenvalue weighted by atomic mass is 16.5. The summed E-state index contributed by atoms with van der Waals surface area (Å²) in [6.07, 6.45) is 3.21. The number of aromatic nitrogens is 3. The predicted octanol–water partition coefficient (Wildman–Crippen LogP) is 2.31. The lowest BCUT2D eigenvalue weighted by Gasteiger charge is -1.93. The lowest BCUT2D eigenvalue weighted by molar-refractivity contribution is 0.422. The molecule has 0 aliphatic carbocycles. The summed E-state index contributed by atoms with van der Waals surface area (Å²) in [5.41, 5.74) is 8.60. The Morgan fingerprint density at radius 3 is 2.71 bits per heavy atom. The number of rotatable bonds is 2. The molecule has 2 aromatic heterocycles. The average molecular weight is 226 g/mol. The van der Waals surface area contributed by atoms with Crippen LogP contribution in [0.3, 0.4) is 0 Å². The first-order valence-corrected chi connectivity index (χ1v) is 5.15. The first kappa shape index (κ1) is 9.65. The van der Waals surface area contributed by atoms with E-state index in [2.05, 4.69) is 15.1 Å². The van der Waals surface area contributed by atoms with Crippen molar-refractivity contribution >= 4 is 5.69 Å². The molecule has 17 heavy (non-hydrogen) atoms. The molecule has 84 valence electrons. The Balaban J connectivity index is 2.02. The number of hydrogen-bond acceptors (Lipinski definition) is 4. The largest absolute Gasteiger partial charge is 0.394 e. The number of hydrogen-bond donors (Lipinski definition) is 2. The number of H-pyrrole nitrogens is 1. The molecule has 0 radical (unpaired) electrons. The van der Waals surface area contributed by atoms with Crippen molar-refractivity contribution in [1.29, 1.82) is 0 Å². The van der Waals surface area contributed by atoms with Crippen molar-refractivity contribution in [2.45, 2.75) is 0 Å². The number of anilines is 1. The van der Waals surface area contributed by atoms with Crippen molar-refractivity contribution < 1.29 is 4.52 Å². The van der Waals surface area contributed by atoms with Gasteiger partial charge < -0.3 is 15.2 Å². The number of nitrogens with one attached hydrogen (secondary N) is 1. The minimum atomic E-state index is 0.471. The molecule has 0 fully saturated rings. The van der Waals surface area contributed by atoms with E-state index in [-0.39, 0.29) is 0 Å². The van der Waals surface area contributed by atoms with E-state index in [0.717, 1.165) is 11.3 Å². The Morgan fingerprint density at radius 1 is 1.18 bits per heavy atom. The maximum atomic E-state index is 5.70. The zero-order chi connectivity index (χ0) is 11.7. The molecule has 5 heteroatoms. The monoisotopic (exact) mass is 226 g/mol. The number of benzene rings is 1. The van der Waals surface area contributed by atoms with E-state index >= 15 is 0 Å². The summed E-state index contributed by atoms with van der Waals surface area (Å²) in [6.45, 7) is 0. The predicted molar refractivity (Wildman–Crippen MR) is 63.9 cm³/mol. The highest BCUT2D eigenvalue weighted by molar-refractivity contribution is 5.69. The second-order valence-electron chi connectivity index (χ2n) is 3.62. The van der Waals surface area contributed by atoms with Crippen LogP contribution in [-0.4, -0.2) is 15.1 Å². The molecule has 0 saturated carbocycles. The zero-order valence-corrected chi connectivity index (χ0v) is 8.92. The SMILES string of the molecule is Nc1conc1-c1nc(-c2ccccc2)c[nH]1. The van der Waals surface area contributed by atoms with Gasteiger partial charge in [-0.2, -0.15) is 0 Å². The van der Waals surface area contributed by atoms with Crippen LogP contribution in [0.2, 0.25) is 0 Å². The first-order chi connectivity index (χ1) is 8.34. The van der Waals surface area contributed by atoms with E-state index in [1.54, 1.807) is 0 Å². The Hall–Kier alpha value is -2.56. The summed E-state index contributed by atoms with van der Waals surface area (Å²) < 4.78 is 4.78. The summed E-state index contributed by atoms with van der Waals surface area (Å²) >= 11 is 0. The molecule has 0 unspecified atom stereocenters. The molecule has 0 saturated heterocycles. The van der Waals surface area contributed by atoms with Crippen LogP contribution in [0.25, 0.3) is 22.8 Å². The first-order valence-electron chi connectivity index (χ1n) is 5.15. The van der Waals surface area contributed by atoms with Gasteiger partial charge in [-0.25, -0.2) is 4.98 Å². The standard InChI is InChI=1S/C12H10N4O/c13-9-7-17-16-11(9)12-14-6-10(15-12)8-4-2-1-3-5-8/h1-7H,13H2,(H,14,15). The summed E-state index contributed by atoms with van der Waals surface area (Å²) in [7, 11) is 0. The minimum absolute atomic E-state index is 0.471. The molecule has 3 N–H and O–H groups in total. The van der Waals surface area contributed by atoms with Crippen LogP contribution < -0.4 is 5.73 Å². The van der Waals surface area contributed by atoms with Gasteiger partial charge in [0.05, 0.1) is 5.69 Å². The van der Waals surface area contributed by atoms with Crippen LogP contribution >= 0.6 is 0 Å². The highest BCUT2D eigenvalue weighted by Crippen LogP contribution is 2.24. The second kappa shape index (κ2) is 3.79. The fourth-order valence-corrected chi connectivity index (χ4v) is 1.62. The molecule has 0 aliphatic heterocycles. The highest BCUT2D eigenvalue weighted by Gasteiger charge is 2.11. The van der Waals surface area contributed by atoms with Gasteiger partial charge in [-0.1, -0.05) is 35.5 Å². The van der Waals surface area contributed by atoms with Crippen LogP contribution in [0, 0.1) is 0 Å². The number of aromatic amines is 1. The van der Waals surface area contributed by atoms with Gasteiger partial charge in [0.15, 0.2) is 11.5 Å². The van der Waals surface area contributed by atoms with Crippen LogP contribution in [0.4, 0.5) is 5.69 Å². The van der Waals surface area contributed by atoms with Gasteiger partial charge in [-0.15, -0.1) is 0 Å². The van der Waals surface area contributed by atoms with Crippen molar-refractivity contribution in [2.24, 2.45) is 0 Å². The third-order valence-electron chi connectivity index (χ3n) is 2.47. The van der Waals surface area contributed by atoms with Crippen LogP contribution in [-0.2, 0) is 0 Å². The Bertz CT molecular complexity index is 627. The van der Waals surface area contributed by atoms with Crippen LogP contribution in [0.15, 0.2) is 47.3 Å². The van der Waals surface area contributed by atoms with Gasteiger partial charge in [0.25, 0.3) is 0 Å². The van der Waals surface area contributed by atoms with Gasteiger partial charge in [0.2, 0.25) is 0 Å². The van der Waals surface area contributed by atoms with Crippen molar-refractivity contribution in [3.05, 3.63) is 42.8 Å². The Kier molecular flexibility index (Phi) is 2.15. The van der Waals surface area contributed by atoms with Gasteiger partial charge in [0, 0.05) is 11.8 Å². The van der Waals surface area contributed by atoms with E-state index < -0.39 is 0 Å². The minimum Gasteiger partial charge on any atom is -0.394 e. The molecule has 0 amide bonds. The topological polar surface area (TPSA) is 80.7 Å². The summed E-state index contributed by atoms with van der Waals surface area (Å²) in [6, 6.07) is 9.88. The molecule has 3 rings (SSSR count). The normalized spacial score (nSPS) is 10.6. The van der Waals surface area contributed by atoms with Gasteiger partial charge in [0.1, 0.15) is 12.0 Å². The van der Waals surface area contributed by atoms with Crippen molar-refractivity contribution in [1.82, 2.24) is 15.1 Å². The quantitative estimate of drug-likeness (QED) is 0.702. The van der Waals surface area contributed by atoms with E-state index in [1.165, 1.54) is 6.26 Å². The number of nitrogen functional groups attached to an aromatic ring is 1.